The molecule has 3 aromatic heterocycles. The second kappa shape index (κ2) is 9.65. The molecule has 0 fully saturated rings. The van der Waals surface area contributed by atoms with E-state index >= 15 is 0 Å². The average Bonchev–Trinajstić information content (AvgIpc) is 2.84. The molecule has 0 N–H and O–H groups in total. The maximum Gasteiger partial charge on any atom is 2.00 e. The normalized spacial score (nSPS) is 10.5. The monoisotopic (exact) mass is 595 g/mol. The molecule has 0 spiro atoms. The van der Waals surface area contributed by atoms with E-state index in [2.05, 4.69) is 37.0 Å². The van der Waals surface area contributed by atoms with Gasteiger partial charge < -0.3 is 9.55 Å². The van der Waals surface area contributed by atoms with Gasteiger partial charge in [0.05, 0.1) is 18.1 Å². The Bertz CT molecular complexity index is 1250. The van der Waals surface area contributed by atoms with Gasteiger partial charge in [0.2, 0.25) is 5.82 Å². The summed E-state index contributed by atoms with van der Waals surface area (Å²) in [7, 11) is 0. The van der Waals surface area contributed by atoms with E-state index in [9.17, 15) is 0 Å². The molecular weight excluding hydrogens is 577 g/mol. The summed E-state index contributed by atoms with van der Waals surface area (Å²) < 4.78 is 1.72. The molecule has 0 aliphatic rings. The van der Waals surface area contributed by atoms with E-state index in [1.165, 1.54) is 0 Å². The number of hydrogen-bond acceptors (Lipinski definition) is 3. The van der Waals surface area contributed by atoms with Crippen molar-refractivity contribution in [2.75, 3.05) is 0 Å². The molecule has 4 aromatic rings. The maximum atomic E-state index is 9.17. The number of nitriles is 1. The third-order valence-electron chi connectivity index (χ3n) is 5.08. The van der Waals surface area contributed by atoms with Crippen molar-refractivity contribution in [1.29, 1.82) is 5.26 Å². The number of aromatic nitrogens is 3. The number of rotatable bonds is 4. The van der Waals surface area contributed by atoms with Crippen LogP contribution in [0.4, 0.5) is 5.69 Å². The van der Waals surface area contributed by atoms with Crippen LogP contribution in [0.5, 0.6) is 0 Å². The summed E-state index contributed by atoms with van der Waals surface area (Å²) in [5.41, 5.74) is 3.87. The number of hydrogen-bond donors (Lipinski definition) is 0. The van der Waals surface area contributed by atoms with Gasteiger partial charge in [0.1, 0.15) is 5.69 Å². The predicted molar refractivity (Wildman–Crippen MR) is 116 cm³/mol. The fraction of sp³-hybridized carbons (Fsp3) is 0.115. The Morgan fingerprint density at radius 1 is 1.03 bits per heavy atom. The van der Waals surface area contributed by atoms with Gasteiger partial charge in [-0.2, -0.15) is 11.3 Å². The summed E-state index contributed by atoms with van der Waals surface area (Å²) >= 11 is 0. The van der Waals surface area contributed by atoms with Gasteiger partial charge in [-0.3, -0.25) is 4.85 Å². The second-order valence-corrected chi connectivity index (χ2v) is 7.52. The predicted octanol–water partition coefficient (Wildman–Crippen LogP) is 4.77. The molecule has 3 heterocycles. The van der Waals surface area contributed by atoms with Crippen LogP contribution in [0.25, 0.3) is 21.9 Å². The van der Waals surface area contributed by atoms with E-state index in [4.69, 9.17) is 21.8 Å². The molecule has 0 saturated carbocycles. The van der Waals surface area contributed by atoms with Crippen LogP contribution in [-0.4, -0.2) is 9.97 Å². The van der Waals surface area contributed by atoms with Gasteiger partial charge >= 0.3 is 21.1 Å². The molecule has 0 aliphatic carbocycles. The van der Waals surface area contributed by atoms with E-state index in [0.29, 0.717) is 17.1 Å². The Kier molecular flexibility index (Phi) is 6.94. The molecule has 0 amide bonds. The molecule has 32 heavy (non-hydrogen) atoms. The van der Waals surface area contributed by atoms with Crippen molar-refractivity contribution in [3.8, 4) is 23.1 Å². The first kappa shape index (κ1) is 23.0. The van der Waals surface area contributed by atoms with Crippen LogP contribution in [0.2, 0.25) is 0 Å². The Labute approximate surface area is 202 Å². The third-order valence-corrected chi connectivity index (χ3v) is 5.08. The van der Waals surface area contributed by atoms with E-state index < -0.39 is 5.41 Å². The summed E-state index contributed by atoms with van der Waals surface area (Å²) in [6.45, 7) is 11.4. The zero-order valence-electron chi connectivity index (χ0n) is 17.5. The van der Waals surface area contributed by atoms with Crippen molar-refractivity contribution in [2.45, 2.75) is 19.3 Å². The van der Waals surface area contributed by atoms with Crippen LogP contribution >= 0.6 is 0 Å². The Morgan fingerprint density at radius 3 is 2.53 bits per heavy atom. The summed E-state index contributed by atoms with van der Waals surface area (Å²) in [4.78, 5) is 13.2. The first-order valence-corrected chi connectivity index (χ1v) is 9.70. The van der Waals surface area contributed by atoms with Crippen LogP contribution in [0, 0.1) is 30.2 Å². The van der Waals surface area contributed by atoms with Gasteiger partial charge in [-0.25, -0.2) is 0 Å². The number of nitrogens with zero attached hydrogens (tertiary/aromatic N) is 5. The molecule has 156 valence electrons. The van der Waals surface area contributed by atoms with Crippen molar-refractivity contribution in [1.82, 2.24) is 9.97 Å². The smallest absolute Gasteiger partial charge is 0.320 e. The van der Waals surface area contributed by atoms with Gasteiger partial charge in [-0.1, -0.05) is 23.2 Å². The van der Waals surface area contributed by atoms with Gasteiger partial charge in [0.25, 0.3) is 0 Å². The topological polar surface area (TPSA) is 57.8 Å². The Hall–Kier alpha value is -3.66. The van der Waals surface area contributed by atoms with Crippen LogP contribution < -0.4 is 4.57 Å². The minimum absolute atomic E-state index is 0. The molecule has 0 bridgehead atoms. The standard InChI is InChI=1S/C26H18N5.Pt/c1-26(2,23-12-5-11-22(29-23)20-9-4-10-21(16-20)28-3)24-13-6-14-25(30-24)31-15-7-8-19(17-27)18-31;/h4-8,10-14,16,18H,1-2H3;/q-1;+2. The van der Waals surface area contributed by atoms with Crippen LogP contribution in [-0.2, 0) is 26.5 Å². The fourth-order valence-electron chi connectivity index (χ4n) is 3.27. The Morgan fingerprint density at radius 2 is 1.78 bits per heavy atom. The molecule has 0 radical (unpaired) electrons. The first-order valence-electron chi connectivity index (χ1n) is 9.70. The van der Waals surface area contributed by atoms with Crippen molar-refractivity contribution in [3.05, 3.63) is 114 Å². The summed E-state index contributed by atoms with van der Waals surface area (Å²) in [5, 5.41) is 9.17. The molecule has 1 aromatic carbocycles. The van der Waals surface area contributed by atoms with Gasteiger partial charge in [-0.05, 0) is 37.7 Å². The molecule has 0 saturated heterocycles. The minimum Gasteiger partial charge on any atom is -0.320 e. The third kappa shape index (κ3) is 4.64. The second-order valence-electron chi connectivity index (χ2n) is 7.52. The van der Waals surface area contributed by atoms with Crippen molar-refractivity contribution < 1.29 is 25.6 Å². The number of pyridine rings is 3. The first-order chi connectivity index (χ1) is 15.0. The maximum absolute atomic E-state index is 9.17. The molecule has 0 atom stereocenters. The molecule has 0 aliphatic heterocycles. The van der Waals surface area contributed by atoms with E-state index in [-0.39, 0.29) is 21.1 Å². The molecule has 0 unspecified atom stereocenters. The average molecular weight is 596 g/mol. The molecule has 6 heteroatoms. The zero-order valence-corrected chi connectivity index (χ0v) is 19.8. The van der Waals surface area contributed by atoms with Crippen molar-refractivity contribution in [3.63, 3.8) is 0 Å². The summed E-state index contributed by atoms with van der Waals surface area (Å²) in [5.74, 6) is 0.678. The van der Waals surface area contributed by atoms with Gasteiger partial charge in [-0.15, -0.1) is 35.9 Å². The van der Waals surface area contributed by atoms with Crippen LogP contribution in [0.1, 0.15) is 30.8 Å². The molecule has 4 rings (SSSR count). The van der Waals surface area contributed by atoms with Crippen molar-refractivity contribution >= 4 is 5.69 Å². The van der Waals surface area contributed by atoms with Crippen LogP contribution in [0.3, 0.4) is 0 Å². The van der Waals surface area contributed by atoms with Crippen molar-refractivity contribution in [2.24, 2.45) is 0 Å². The van der Waals surface area contributed by atoms with Gasteiger partial charge in [0.15, 0.2) is 5.69 Å². The Balaban J connectivity index is 0.00000289. The largest absolute Gasteiger partial charge is 2.00 e. The minimum atomic E-state index is -0.475. The summed E-state index contributed by atoms with van der Waals surface area (Å²) in [6.07, 6.45) is 4.78. The number of benzene rings is 1. The molecular formula is C26H18N5Pt+. The fourth-order valence-corrected chi connectivity index (χ4v) is 3.27. The zero-order chi connectivity index (χ0) is 21.8. The molecule has 5 nitrogen and oxygen atoms in total. The van der Waals surface area contributed by atoms with Crippen LogP contribution in [0.15, 0.2) is 72.9 Å². The summed E-state index contributed by atoms with van der Waals surface area (Å²) in [6, 6.07) is 25.6. The quantitative estimate of drug-likeness (QED) is 0.253. The van der Waals surface area contributed by atoms with Gasteiger partial charge in [0, 0.05) is 23.7 Å². The van der Waals surface area contributed by atoms with E-state index in [1.54, 1.807) is 41.1 Å². The van der Waals surface area contributed by atoms with E-state index in [0.717, 1.165) is 22.6 Å². The SMILES string of the molecule is [C-]#[N+]c1cc[c-]c(-c2cccc(C(C)(C)c3cccc(-[n+]4[c-]ccc(C#N)c4)n3)n2)c1.[Pt+2]. The van der Waals surface area contributed by atoms with E-state index in [1.807, 2.05) is 36.4 Å².